The Kier molecular flexibility index (Phi) is 3.38. The zero-order valence-corrected chi connectivity index (χ0v) is 11.3. The highest BCUT2D eigenvalue weighted by atomic mass is 32.2. The molecule has 3 N–H and O–H groups in total. The van der Waals surface area contributed by atoms with Crippen LogP contribution in [0, 0.1) is 26.2 Å². The summed E-state index contributed by atoms with van der Waals surface area (Å²) in [5, 5.41) is 8.73. The van der Waals surface area contributed by atoms with Crippen LogP contribution in [0.3, 0.4) is 0 Å². The van der Waals surface area contributed by atoms with E-state index in [-0.39, 0.29) is 5.84 Å². The number of hydrogen-bond acceptors (Lipinski definition) is 5. The maximum Gasteiger partial charge on any atom is 0.262 e. The fraction of sp³-hybridized carbons (Fsp3) is 0.250. The van der Waals surface area contributed by atoms with Gasteiger partial charge in [-0.05, 0) is 44.7 Å². The molecule has 2 rings (SSSR count). The van der Waals surface area contributed by atoms with Gasteiger partial charge in [0, 0.05) is 11.3 Å². The minimum atomic E-state index is 0.0297. The molecule has 2 aromatic heterocycles. The number of aryl methyl sites for hydroxylation is 3. The van der Waals surface area contributed by atoms with E-state index in [1.165, 1.54) is 11.8 Å². The lowest BCUT2D eigenvalue weighted by Crippen LogP contribution is -2.11. The van der Waals surface area contributed by atoms with Crippen LogP contribution in [0.5, 0.6) is 0 Å². The Morgan fingerprint density at radius 2 is 2.00 bits per heavy atom. The van der Waals surface area contributed by atoms with Gasteiger partial charge in [-0.1, -0.05) is 0 Å². The molecule has 0 amide bonds. The molecular weight excluding hydrogens is 248 g/mol. The Morgan fingerprint density at radius 3 is 2.56 bits per heavy atom. The Hall–Kier alpha value is -1.82. The standard InChI is InChI=1S/C12H14N4OS/c1-6-4-9(11(13)14)5-10(15-6)18-12-16-7(2)8(3)17-12/h4-5H,1-3H3,(H3,13,14). The lowest BCUT2D eigenvalue weighted by Gasteiger charge is -2.03. The first-order valence-electron chi connectivity index (χ1n) is 5.40. The summed E-state index contributed by atoms with van der Waals surface area (Å²) in [5.74, 6) is 0.832. The zero-order chi connectivity index (χ0) is 13.3. The largest absolute Gasteiger partial charge is 0.436 e. The van der Waals surface area contributed by atoms with Crippen LogP contribution in [0.4, 0.5) is 0 Å². The highest BCUT2D eigenvalue weighted by molar-refractivity contribution is 7.99. The number of hydrogen-bond donors (Lipinski definition) is 2. The number of pyridine rings is 1. The van der Waals surface area contributed by atoms with E-state index in [9.17, 15) is 0 Å². The van der Waals surface area contributed by atoms with Crippen LogP contribution >= 0.6 is 11.8 Å². The molecule has 0 radical (unpaired) electrons. The van der Waals surface area contributed by atoms with Crippen molar-refractivity contribution in [3.63, 3.8) is 0 Å². The van der Waals surface area contributed by atoms with Crippen LogP contribution in [-0.2, 0) is 0 Å². The summed E-state index contributed by atoms with van der Waals surface area (Å²) in [5.41, 5.74) is 7.82. The Labute approximate surface area is 109 Å². The number of nitrogens with two attached hydrogens (primary N) is 1. The second-order valence-electron chi connectivity index (χ2n) is 3.97. The molecule has 0 saturated carbocycles. The number of nitrogens with zero attached hydrogens (tertiary/aromatic N) is 2. The van der Waals surface area contributed by atoms with Crippen LogP contribution in [0.25, 0.3) is 0 Å². The van der Waals surface area contributed by atoms with E-state index in [0.717, 1.165) is 22.2 Å². The van der Waals surface area contributed by atoms with Gasteiger partial charge in [0.2, 0.25) is 0 Å². The van der Waals surface area contributed by atoms with Gasteiger partial charge in [-0.3, -0.25) is 5.41 Å². The third kappa shape index (κ3) is 2.70. The molecule has 2 heterocycles. The van der Waals surface area contributed by atoms with E-state index in [1.807, 2.05) is 20.8 Å². The summed E-state index contributed by atoms with van der Waals surface area (Å²) in [6.45, 7) is 5.63. The van der Waals surface area contributed by atoms with Gasteiger partial charge >= 0.3 is 0 Å². The maximum absolute atomic E-state index is 7.45. The number of aromatic nitrogens is 2. The molecule has 0 aliphatic carbocycles. The lowest BCUT2D eigenvalue weighted by molar-refractivity contribution is 0.431. The predicted molar refractivity (Wildman–Crippen MR) is 70.1 cm³/mol. The van der Waals surface area contributed by atoms with E-state index in [4.69, 9.17) is 15.6 Å². The van der Waals surface area contributed by atoms with Crippen LogP contribution in [0.1, 0.15) is 22.7 Å². The smallest absolute Gasteiger partial charge is 0.262 e. The van der Waals surface area contributed by atoms with Gasteiger partial charge in [0.1, 0.15) is 16.6 Å². The first kappa shape index (κ1) is 12.6. The summed E-state index contributed by atoms with van der Waals surface area (Å²) >= 11 is 1.33. The molecule has 0 aliphatic rings. The van der Waals surface area contributed by atoms with E-state index in [0.29, 0.717) is 10.8 Å². The number of oxazole rings is 1. The quantitative estimate of drug-likeness (QED) is 0.655. The summed E-state index contributed by atoms with van der Waals surface area (Å²) in [6, 6.07) is 3.54. The van der Waals surface area contributed by atoms with E-state index in [1.54, 1.807) is 12.1 Å². The highest BCUT2D eigenvalue weighted by Crippen LogP contribution is 2.27. The van der Waals surface area contributed by atoms with Gasteiger partial charge in [-0.2, -0.15) is 0 Å². The predicted octanol–water partition coefficient (Wildman–Crippen LogP) is 2.43. The molecule has 0 fully saturated rings. The molecule has 0 spiro atoms. The molecule has 0 aromatic carbocycles. The van der Waals surface area contributed by atoms with Gasteiger partial charge in [0.25, 0.3) is 5.22 Å². The first-order chi connectivity index (χ1) is 8.45. The molecular formula is C12H14N4OS. The highest BCUT2D eigenvalue weighted by Gasteiger charge is 2.10. The zero-order valence-electron chi connectivity index (χ0n) is 10.4. The second kappa shape index (κ2) is 4.81. The molecule has 0 saturated heterocycles. The van der Waals surface area contributed by atoms with Crippen molar-refractivity contribution in [1.29, 1.82) is 5.41 Å². The monoisotopic (exact) mass is 262 g/mol. The van der Waals surface area contributed by atoms with Crippen molar-refractivity contribution in [1.82, 2.24) is 9.97 Å². The molecule has 2 aromatic rings. The van der Waals surface area contributed by atoms with Crippen LogP contribution < -0.4 is 5.73 Å². The molecule has 94 valence electrons. The number of nitrogen functional groups attached to an aromatic ring is 1. The number of rotatable bonds is 3. The average Bonchev–Trinajstić information content (AvgIpc) is 2.56. The summed E-state index contributed by atoms with van der Waals surface area (Å²) < 4.78 is 5.49. The van der Waals surface area contributed by atoms with Gasteiger partial charge in [-0.25, -0.2) is 9.97 Å². The third-order valence-electron chi connectivity index (χ3n) is 2.44. The average molecular weight is 262 g/mol. The Balaban J connectivity index is 2.31. The van der Waals surface area contributed by atoms with Crippen molar-refractivity contribution in [2.24, 2.45) is 5.73 Å². The van der Waals surface area contributed by atoms with Gasteiger partial charge < -0.3 is 10.2 Å². The fourth-order valence-corrected chi connectivity index (χ4v) is 2.33. The molecule has 0 unspecified atom stereocenters. The van der Waals surface area contributed by atoms with Crippen LogP contribution in [0.15, 0.2) is 26.8 Å². The van der Waals surface area contributed by atoms with Crippen molar-refractivity contribution in [2.75, 3.05) is 0 Å². The normalized spacial score (nSPS) is 10.6. The molecule has 5 nitrogen and oxygen atoms in total. The summed E-state index contributed by atoms with van der Waals surface area (Å²) in [6.07, 6.45) is 0. The summed E-state index contributed by atoms with van der Waals surface area (Å²) in [7, 11) is 0. The van der Waals surface area contributed by atoms with Crippen molar-refractivity contribution >= 4 is 17.6 Å². The van der Waals surface area contributed by atoms with Crippen molar-refractivity contribution in [3.8, 4) is 0 Å². The maximum atomic E-state index is 7.45. The van der Waals surface area contributed by atoms with Crippen LogP contribution in [0.2, 0.25) is 0 Å². The number of amidine groups is 1. The van der Waals surface area contributed by atoms with Gasteiger partial charge in [-0.15, -0.1) is 0 Å². The Bertz CT molecular complexity index is 587. The lowest BCUT2D eigenvalue weighted by atomic mass is 10.2. The first-order valence-corrected chi connectivity index (χ1v) is 6.22. The molecule has 6 heteroatoms. The Morgan fingerprint density at radius 1 is 1.28 bits per heavy atom. The van der Waals surface area contributed by atoms with Gasteiger partial charge in [0.05, 0.1) is 5.69 Å². The number of nitrogens with one attached hydrogen (secondary N) is 1. The topological polar surface area (TPSA) is 88.8 Å². The fourth-order valence-electron chi connectivity index (χ4n) is 1.42. The van der Waals surface area contributed by atoms with Crippen molar-refractivity contribution in [2.45, 2.75) is 31.0 Å². The van der Waals surface area contributed by atoms with Crippen molar-refractivity contribution < 1.29 is 4.42 Å². The third-order valence-corrected chi connectivity index (χ3v) is 3.21. The molecule has 0 aliphatic heterocycles. The summed E-state index contributed by atoms with van der Waals surface area (Å²) in [4.78, 5) is 8.64. The second-order valence-corrected chi connectivity index (χ2v) is 4.94. The van der Waals surface area contributed by atoms with Crippen molar-refractivity contribution in [3.05, 3.63) is 34.8 Å². The van der Waals surface area contributed by atoms with E-state index < -0.39 is 0 Å². The SMILES string of the molecule is Cc1cc(C(=N)N)cc(Sc2nc(C)c(C)o2)n1. The van der Waals surface area contributed by atoms with E-state index >= 15 is 0 Å². The van der Waals surface area contributed by atoms with E-state index in [2.05, 4.69) is 9.97 Å². The van der Waals surface area contributed by atoms with Crippen LogP contribution in [-0.4, -0.2) is 15.8 Å². The minimum Gasteiger partial charge on any atom is -0.436 e. The minimum absolute atomic E-state index is 0.0297. The molecule has 0 bridgehead atoms. The molecule has 0 atom stereocenters. The molecule has 18 heavy (non-hydrogen) atoms. The van der Waals surface area contributed by atoms with Gasteiger partial charge in [0.15, 0.2) is 0 Å².